The Morgan fingerprint density at radius 2 is 1.95 bits per heavy atom. The summed E-state index contributed by atoms with van der Waals surface area (Å²) in [6.45, 7) is 6.11. The van der Waals surface area contributed by atoms with Gasteiger partial charge in [0.25, 0.3) is 0 Å². The summed E-state index contributed by atoms with van der Waals surface area (Å²) in [6, 6.07) is 0. The van der Waals surface area contributed by atoms with Crippen molar-refractivity contribution in [3.63, 3.8) is 0 Å². The SMILES string of the molecule is CCCNc1ncc(CN(C)Cc2nnc(C)o2)cn1. The molecule has 0 aliphatic rings. The first-order chi connectivity index (χ1) is 9.67. The van der Waals surface area contributed by atoms with E-state index in [1.807, 2.05) is 19.4 Å². The number of rotatable bonds is 7. The third-order valence-corrected chi connectivity index (χ3v) is 2.66. The summed E-state index contributed by atoms with van der Waals surface area (Å²) in [4.78, 5) is 10.6. The molecule has 2 aromatic heterocycles. The van der Waals surface area contributed by atoms with Crippen molar-refractivity contribution >= 4 is 5.95 Å². The van der Waals surface area contributed by atoms with E-state index >= 15 is 0 Å². The molecule has 108 valence electrons. The third kappa shape index (κ3) is 4.27. The Morgan fingerprint density at radius 1 is 1.20 bits per heavy atom. The molecule has 0 unspecified atom stereocenters. The standard InChI is InChI=1S/C13H20N6O/c1-4-5-14-13-15-6-11(7-16-13)8-19(3)9-12-18-17-10(2)20-12/h6-7H,4-5,8-9H2,1-3H3,(H,14,15,16). The number of nitrogens with one attached hydrogen (secondary N) is 1. The minimum atomic E-state index is 0.586. The van der Waals surface area contributed by atoms with Gasteiger partial charge in [-0.1, -0.05) is 6.92 Å². The van der Waals surface area contributed by atoms with Gasteiger partial charge in [-0.05, 0) is 13.5 Å². The molecule has 0 spiro atoms. The van der Waals surface area contributed by atoms with Crippen molar-refractivity contribution in [1.82, 2.24) is 25.1 Å². The molecular formula is C13H20N6O. The fraction of sp³-hybridized carbons (Fsp3) is 0.538. The highest BCUT2D eigenvalue weighted by Crippen LogP contribution is 2.07. The molecule has 7 heteroatoms. The zero-order valence-corrected chi connectivity index (χ0v) is 12.1. The van der Waals surface area contributed by atoms with Crippen LogP contribution in [0.5, 0.6) is 0 Å². The molecule has 2 heterocycles. The van der Waals surface area contributed by atoms with Crippen LogP contribution in [0.3, 0.4) is 0 Å². The lowest BCUT2D eigenvalue weighted by molar-refractivity contribution is 0.278. The molecule has 0 saturated heterocycles. The van der Waals surface area contributed by atoms with Gasteiger partial charge >= 0.3 is 0 Å². The van der Waals surface area contributed by atoms with E-state index in [2.05, 4.69) is 37.3 Å². The van der Waals surface area contributed by atoms with E-state index in [9.17, 15) is 0 Å². The maximum absolute atomic E-state index is 5.35. The molecule has 0 aliphatic carbocycles. The average molecular weight is 276 g/mol. The van der Waals surface area contributed by atoms with Crippen molar-refractivity contribution in [3.05, 3.63) is 29.7 Å². The molecule has 0 bridgehead atoms. The van der Waals surface area contributed by atoms with E-state index in [1.165, 1.54) is 0 Å². The van der Waals surface area contributed by atoms with Crippen LogP contribution in [0.25, 0.3) is 0 Å². The zero-order chi connectivity index (χ0) is 14.4. The zero-order valence-electron chi connectivity index (χ0n) is 12.1. The second-order valence-electron chi connectivity index (χ2n) is 4.73. The molecule has 0 radical (unpaired) electrons. The van der Waals surface area contributed by atoms with Crippen molar-refractivity contribution < 1.29 is 4.42 Å². The number of aromatic nitrogens is 4. The predicted molar refractivity (Wildman–Crippen MR) is 75.0 cm³/mol. The lowest BCUT2D eigenvalue weighted by atomic mass is 10.3. The van der Waals surface area contributed by atoms with Crippen LogP contribution in [0.2, 0.25) is 0 Å². The quantitative estimate of drug-likeness (QED) is 0.823. The Kier molecular flexibility index (Phi) is 5.00. The molecular weight excluding hydrogens is 256 g/mol. The van der Waals surface area contributed by atoms with Gasteiger partial charge in [-0.15, -0.1) is 10.2 Å². The summed E-state index contributed by atoms with van der Waals surface area (Å²) in [6.07, 6.45) is 4.72. The van der Waals surface area contributed by atoms with Gasteiger partial charge in [-0.2, -0.15) is 0 Å². The normalized spacial score (nSPS) is 11.0. The summed E-state index contributed by atoms with van der Waals surface area (Å²) < 4.78 is 5.35. The summed E-state index contributed by atoms with van der Waals surface area (Å²) >= 11 is 0. The first-order valence-electron chi connectivity index (χ1n) is 6.69. The largest absolute Gasteiger partial charge is 0.424 e. The molecule has 2 aromatic rings. The minimum Gasteiger partial charge on any atom is -0.424 e. The van der Waals surface area contributed by atoms with Gasteiger partial charge in [-0.25, -0.2) is 9.97 Å². The van der Waals surface area contributed by atoms with Crippen LogP contribution in [0.4, 0.5) is 5.95 Å². The molecule has 0 aromatic carbocycles. The number of nitrogens with zero attached hydrogens (tertiary/aromatic N) is 5. The van der Waals surface area contributed by atoms with Gasteiger partial charge in [0.1, 0.15) is 0 Å². The van der Waals surface area contributed by atoms with Crippen molar-refractivity contribution in [3.8, 4) is 0 Å². The van der Waals surface area contributed by atoms with Crippen molar-refractivity contribution in [1.29, 1.82) is 0 Å². The first-order valence-corrected chi connectivity index (χ1v) is 6.69. The molecule has 0 saturated carbocycles. The number of hydrogen-bond acceptors (Lipinski definition) is 7. The minimum absolute atomic E-state index is 0.586. The van der Waals surface area contributed by atoms with Crippen LogP contribution >= 0.6 is 0 Å². The van der Waals surface area contributed by atoms with E-state index < -0.39 is 0 Å². The smallest absolute Gasteiger partial charge is 0.230 e. The van der Waals surface area contributed by atoms with Gasteiger partial charge in [0.2, 0.25) is 17.7 Å². The molecule has 0 aliphatic heterocycles. The number of aryl methyl sites for hydroxylation is 1. The number of hydrogen-bond donors (Lipinski definition) is 1. The van der Waals surface area contributed by atoms with Gasteiger partial charge in [-0.3, -0.25) is 4.90 Å². The van der Waals surface area contributed by atoms with E-state index in [0.717, 1.165) is 25.1 Å². The maximum Gasteiger partial charge on any atom is 0.230 e. The lowest BCUT2D eigenvalue weighted by Crippen LogP contribution is -2.18. The highest BCUT2D eigenvalue weighted by Gasteiger charge is 2.07. The summed E-state index contributed by atoms with van der Waals surface area (Å²) in [5.41, 5.74) is 1.05. The van der Waals surface area contributed by atoms with Crippen molar-refractivity contribution in [2.45, 2.75) is 33.4 Å². The fourth-order valence-electron chi connectivity index (χ4n) is 1.76. The Balaban J connectivity index is 1.85. The molecule has 1 N–H and O–H groups in total. The third-order valence-electron chi connectivity index (χ3n) is 2.66. The van der Waals surface area contributed by atoms with Crippen LogP contribution in [-0.2, 0) is 13.1 Å². The first kappa shape index (κ1) is 14.4. The summed E-state index contributed by atoms with van der Waals surface area (Å²) in [5.74, 6) is 1.88. The molecule has 2 rings (SSSR count). The van der Waals surface area contributed by atoms with E-state index in [4.69, 9.17) is 4.42 Å². The average Bonchev–Trinajstić information content (AvgIpc) is 2.83. The summed E-state index contributed by atoms with van der Waals surface area (Å²) in [7, 11) is 1.99. The lowest BCUT2D eigenvalue weighted by Gasteiger charge is -2.13. The van der Waals surface area contributed by atoms with Gasteiger partial charge in [0.05, 0.1) is 6.54 Å². The molecule has 7 nitrogen and oxygen atoms in total. The fourth-order valence-corrected chi connectivity index (χ4v) is 1.76. The second kappa shape index (κ2) is 6.95. The predicted octanol–water partition coefficient (Wildman–Crippen LogP) is 1.62. The van der Waals surface area contributed by atoms with Crippen molar-refractivity contribution in [2.24, 2.45) is 0 Å². The van der Waals surface area contributed by atoms with Crippen LogP contribution in [0.1, 0.15) is 30.7 Å². The van der Waals surface area contributed by atoms with Crippen LogP contribution < -0.4 is 5.32 Å². The molecule has 0 fully saturated rings. The Hall–Kier alpha value is -2.02. The molecule has 20 heavy (non-hydrogen) atoms. The van der Waals surface area contributed by atoms with E-state index in [1.54, 1.807) is 6.92 Å². The Morgan fingerprint density at radius 3 is 2.55 bits per heavy atom. The summed E-state index contributed by atoms with van der Waals surface area (Å²) in [5, 5.41) is 10.9. The van der Waals surface area contributed by atoms with Gasteiger partial charge < -0.3 is 9.73 Å². The maximum atomic E-state index is 5.35. The molecule has 0 amide bonds. The Bertz CT molecular complexity index is 524. The van der Waals surface area contributed by atoms with Crippen LogP contribution in [0, 0.1) is 6.92 Å². The topological polar surface area (TPSA) is 80.0 Å². The molecule has 0 atom stereocenters. The monoisotopic (exact) mass is 276 g/mol. The highest BCUT2D eigenvalue weighted by molar-refractivity contribution is 5.24. The van der Waals surface area contributed by atoms with Crippen molar-refractivity contribution in [2.75, 3.05) is 18.9 Å². The van der Waals surface area contributed by atoms with Gasteiger partial charge in [0, 0.05) is 38.0 Å². The highest BCUT2D eigenvalue weighted by atomic mass is 16.4. The van der Waals surface area contributed by atoms with Crippen LogP contribution in [0.15, 0.2) is 16.8 Å². The van der Waals surface area contributed by atoms with Crippen LogP contribution in [-0.4, -0.2) is 38.7 Å². The van der Waals surface area contributed by atoms with E-state index in [0.29, 0.717) is 24.3 Å². The second-order valence-corrected chi connectivity index (χ2v) is 4.73. The van der Waals surface area contributed by atoms with Gasteiger partial charge in [0.15, 0.2) is 0 Å². The Labute approximate surface area is 118 Å². The number of anilines is 1. The van der Waals surface area contributed by atoms with E-state index in [-0.39, 0.29) is 0 Å².